The van der Waals surface area contributed by atoms with E-state index in [0.29, 0.717) is 17.0 Å². The number of H-pyrrole nitrogens is 2. The highest BCUT2D eigenvalue weighted by molar-refractivity contribution is 5.89. The van der Waals surface area contributed by atoms with Crippen molar-refractivity contribution in [3.8, 4) is 11.8 Å². The molecule has 0 aliphatic heterocycles. The Hall–Kier alpha value is -3.37. The van der Waals surface area contributed by atoms with Crippen molar-refractivity contribution in [2.24, 2.45) is 0 Å². The molecule has 0 saturated carbocycles. The third kappa shape index (κ3) is 2.46. The number of ether oxygens (including phenoxy) is 1. The molecule has 0 radical (unpaired) electrons. The van der Waals surface area contributed by atoms with Crippen LogP contribution < -0.4 is 10.1 Å². The second-order valence-electron chi connectivity index (χ2n) is 6.70. The summed E-state index contributed by atoms with van der Waals surface area (Å²) in [4.78, 5) is 15.6. The number of aryl methyl sites for hydroxylation is 1. The van der Waals surface area contributed by atoms with Gasteiger partial charge in [0.05, 0.1) is 18.2 Å². The van der Waals surface area contributed by atoms with E-state index >= 15 is 0 Å². The zero-order valence-corrected chi connectivity index (χ0v) is 15.6. The summed E-state index contributed by atoms with van der Waals surface area (Å²) in [5, 5.41) is 13.6. The predicted octanol–water partition coefficient (Wildman–Crippen LogP) is 3.11. The molecule has 0 aliphatic rings. The minimum absolute atomic E-state index is 0.491. The van der Waals surface area contributed by atoms with Gasteiger partial charge in [0.1, 0.15) is 23.2 Å². The van der Waals surface area contributed by atoms with Gasteiger partial charge in [0, 0.05) is 28.9 Å². The first-order valence-electron chi connectivity index (χ1n) is 8.62. The molecule has 0 amide bonds. The molecule has 27 heavy (non-hydrogen) atoms. The molecule has 3 heterocycles. The molecule has 1 aromatic carbocycles. The summed E-state index contributed by atoms with van der Waals surface area (Å²) < 4.78 is 5.73. The molecule has 7 nitrogen and oxygen atoms in total. The zero-order chi connectivity index (χ0) is 19.2. The van der Waals surface area contributed by atoms with Crippen LogP contribution in [0.4, 0.5) is 0 Å². The molecule has 4 aromatic rings. The molecule has 0 saturated heterocycles. The second-order valence-corrected chi connectivity index (χ2v) is 6.70. The number of pyridine rings is 1. The highest BCUT2D eigenvalue weighted by atomic mass is 16.5. The first-order chi connectivity index (χ1) is 13.0. The van der Waals surface area contributed by atoms with Gasteiger partial charge in [0.2, 0.25) is 0 Å². The smallest absolute Gasteiger partial charge is 0.177 e. The van der Waals surface area contributed by atoms with Crippen molar-refractivity contribution in [2.45, 2.75) is 19.4 Å². The molecule has 0 spiro atoms. The van der Waals surface area contributed by atoms with E-state index < -0.39 is 5.54 Å². The number of aromatic nitrogens is 4. The van der Waals surface area contributed by atoms with Gasteiger partial charge in [0.25, 0.3) is 0 Å². The molecule has 0 bridgehead atoms. The van der Waals surface area contributed by atoms with Crippen LogP contribution >= 0.6 is 0 Å². The van der Waals surface area contributed by atoms with Crippen molar-refractivity contribution in [1.82, 2.24) is 25.3 Å². The summed E-state index contributed by atoms with van der Waals surface area (Å²) in [6, 6.07) is 7.94. The van der Waals surface area contributed by atoms with E-state index in [-0.39, 0.29) is 0 Å². The monoisotopic (exact) mass is 360 g/mol. The van der Waals surface area contributed by atoms with Gasteiger partial charge in [-0.05, 0) is 44.7 Å². The van der Waals surface area contributed by atoms with Gasteiger partial charge < -0.3 is 20.0 Å². The normalized spacial score (nSPS) is 13.6. The molecule has 0 aliphatic carbocycles. The summed E-state index contributed by atoms with van der Waals surface area (Å²) in [5.74, 6) is 1.48. The van der Waals surface area contributed by atoms with Crippen LogP contribution in [0, 0.1) is 18.3 Å². The Bertz CT molecular complexity index is 1200. The first kappa shape index (κ1) is 17.1. The van der Waals surface area contributed by atoms with Crippen molar-refractivity contribution in [2.75, 3.05) is 14.2 Å². The van der Waals surface area contributed by atoms with Gasteiger partial charge >= 0.3 is 0 Å². The first-order valence-corrected chi connectivity index (χ1v) is 8.62. The van der Waals surface area contributed by atoms with Crippen LogP contribution in [-0.2, 0) is 5.54 Å². The number of benzene rings is 1. The molecular formula is C20H20N6O. The fourth-order valence-electron chi connectivity index (χ4n) is 3.61. The van der Waals surface area contributed by atoms with Gasteiger partial charge in [-0.25, -0.2) is 9.97 Å². The van der Waals surface area contributed by atoms with E-state index in [0.717, 1.165) is 33.3 Å². The van der Waals surface area contributed by atoms with Crippen LogP contribution in [0.1, 0.15) is 29.4 Å². The predicted molar refractivity (Wildman–Crippen MR) is 104 cm³/mol. The van der Waals surface area contributed by atoms with Crippen LogP contribution in [0.15, 0.2) is 30.6 Å². The lowest BCUT2D eigenvalue weighted by atomic mass is 9.86. The quantitative estimate of drug-likeness (QED) is 0.519. The van der Waals surface area contributed by atoms with Crippen molar-refractivity contribution < 1.29 is 4.74 Å². The van der Waals surface area contributed by atoms with E-state index in [4.69, 9.17) is 15.0 Å². The number of rotatable bonds is 4. The maximum Gasteiger partial charge on any atom is 0.177 e. The van der Waals surface area contributed by atoms with E-state index in [1.54, 1.807) is 13.2 Å². The molecule has 7 heteroatoms. The van der Waals surface area contributed by atoms with E-state index in [1.165, 1.54) is 6.20 Å². The van der Waals surface area contributed by atoms with Gasteiger partial charge in [-0.2, -0.15) is 5.26 Å². The third-order valence-corrected chi connectivity index (χ3v) is 5.16. The Morgan fingerprint density at radius 1 is 1.33 bits per heavy atom. The lowest BCUT2D eigenvalue weighted by Crippen LogP contribution is -2.39. The van der Waals surface area contributed by atoms with Crippen LogP contribution in [0.5, 0.6) is 5.75 Å². The Morgan fingerprint density at radius 3 is 2.85 bits per heavy atom. The summed E-state index contributed by atoms with van der Waals surface area (Å²) in [7, 11) is 3.56. The van der Waals surface area contributed by atoms with Gasteiger partial charge in [0.15, 0.2) is 5.65 Å². The number of hydrogen-bond donors (Lipinski definition) is 3. The minimum Gasteiger partial charge on any atom is -0.496 e. The SMILES string of the molecule is CNC(C)(c1nc2ncc(C#N)cc2[nH]1)c1c(OC)cc(C)c2[nH]ccc12. The average Bonchev–Trinajstić information content (AvgIpc) is 3.33. The summed E-state index contributed by atoms with van der Waals surface area (Å²) >= 11 is 0. The van der Waals surface area contributed by atoms with Crippen molar-refractivity contribution in [3.63, 3.8) is 0 Å². The zero-order valence-electron chi connectivity index (χ0n) is 15.6. The topological polar surface area (TPSA) is 102 Å². The molecule has 1 atom stereocenters. The van der Waals surface area contributed by atoms with Crippen molar-refractivity contribution in [3.05, 3.63) is 53.1 Å². The maximum absolute atomic E-state index is 9.12. The number of nitriles is 1. The Morgan fingerprint density at radius 2 is 2.15 bits per heavy atom. The summed E-state index contributed by atoms with van der Waals surface area (Å²) in [5.41, 5.74) is 4.28. The summed E-state index contributed by atoms with van der Waals surface area (Å²) in [6.07, 6.45) is 3.45. The van der Waals surface area contributed by atoms with Crippen LogP contribution in [0.3, 0.4) is 0 Å². The standard InChI is InChI=1S/C20H20N6O/c1-11-7-15(27-4)16(13-5-6-23-17(11)13)20(2,22-3)19-25-14-8-12(9-21)10-24-18(14)26-19/h5-8,10,22-23H,1-4H3,(H,24,25,26). The van der Waals surface area contributed by atoms with Crippen molar-refractivity contribution in [1.29, 1.82) is 5.26 Å². The van der Waals surface area contributed by atoms with Gasteiger partial charge in [-0.1, -0.05) is 0 Å². The lowest BCUT2D eigenvalue weighted by molar-refractivity contribution is 0.383. The number of hydrogen-bond acceptors (Lipinski definition) is 5. The number of aromatic amines is 2. The van der Waals surface area contributed by atoms with Gasteiger partial charge in [-0.15, -0.1) is 0 Å². The summed E-state index contributed by atoms with van der Waals surface area (Å²) in [6.45, 7) is 4.10. The number of nitrogens with zero attached hydrogens (tertiary/aromatic N) is 3. The average molecular weight is 360 g/mol. The Kier molecular flexibility index (Phi) is 3.86. The van der Waals surface area contributed by atoms with Crippen LogP contribution in [0.25, 0.3) is 22.1 Å². The molecule has 3 N–H and O–H groups in total. The highest BCUT2D eigenvalue weighted by Gasteiger charge is 2.36. The number of imidazole rings is 1. The van der Waals surface area contributed by atoms with E-state index in [1.807, 2.05) is 25.4 Å². The molecule has 136 valence electrons. The van der Waals surface area contributed by atoms with Crippen LogP contribution in [-0.4, -0.2) is 34.1 Å². The Balaban J connectivity index is 2.01. The number of nitrogens with one attached hydrogen (secondary N) is 3. The fourth-order valence-corrected chi connectivity index (χ4v) is 3.61. The Labute approximate surface area is 156 Å². The number of methoxy groups -OCH3 is 1. The molecular weight excluding hydrogens is 340 g/mol. The maximum atomic E-state index is 9.12. The van der Waals surface area contributed by atoms with E-state index in [9.17, 15) is 0 Å². The van der Waals surface area contributed by atoms with Crippen LogP contribution in [0.2, 0.25) is 0 Å². The largest absolute Gasteiger partial charge is 0.496 e. The van der Waals surface area contributed by atoms with Gasteiger partial charge in [-0.3, -0.25) is 0 Å². The molecule has 3 aromatic heterocycles. The molecule has 1 unspecified atom stereocenters. The second kappa shape index (κ2) is 6.11. The lowest BCUT2D eigenvalue weighted by Gasteiger charge is -2.30. The number of fused-ring (bicyclic) bond motifs is 2. The molecule has 4 rings (SSSR count). The molecule has 0 fully saturated rings. The third-order valence-electron chi connectivity index (χ3n) is 5.16. The highest BCUT2D eigenvalue weighted by Crippen LogP contribution is 2.40. The van der Waals surface area contributed by atoms with E-state index in [2.05, 4.69) is 40.2 Å². The minimum atomic E-state index is -0.660. The van der Waals surface area contributed by atoms with Crippen molar-refractivity contribution >= 4 is 22.1 Å². The fraction of sp³-hybridized carbons (Fsp3) is 0.250.